The van der Waals surface area contributed by atoms with Gasteiger partial charge in [0.15, 0.2) is 0 Å². The molecule has 0 bridgehead atoms. The van der Waals surface area contributed by atoms with Crippen LogP contribution in [0.2, 0.25) is 0 Å². The van der Waals surface area contributed by atoms with Crippen molar-refractivity contribution < 1.29 is 0 Å². The Balaban J connectivity index is 1.96. The van der Waals surface area contributed by atoms with Crippen LogP contribution in [0.4, 0.5) is 11.5 Å². The number of nitrogens with one attached hydrogen (secondary N) is 2. The number of hydrogen-bond acceptors (Lipinski definition) is 7. The van der Waals surface area contributed by atoms with E-state index in [1.165, 1.54) is 25.5 Å². The molecule has 7 nitrogen and oxygen atoms in total. The largest absolute Gasteiger partial charge is 0.397 e. The molecule has 2 aromatic rings. The Kier molecular flexibility index (Phi) is 6.13. The van der Waals surface area contributed by atoms with Crippen LogP contribution >= 0.6 is 0 Å². The third-order valence-corrected chi connectivity index (χ3v) is 5.04. The number of nitrogen functional groups attached to an aromatic ring is 1. The van der Waals surface area contributed by atoms with Crippen molar-refractivity contribution >= 4 is 29.6 Å². The zero-order valence-corrected chi connectivity index (χ0v) is 16.4. The van der Waals surface area contributed by atoms with E-state index in [0.29, 0.717) is 22.6 Å². The smallest absolute Gasteiger partial charge is 0.132 e. The Hall–Kier alpha value is -3.09. The molecule has 0 radical (unpaired) electrons. The Labute approximate surface area is 165 Å². The minimum atomic E-state index is -0.341. The highest BCUT2D eigenvalue weighted by Crippen LogP contribution is 2.24. The molecular formula is C21H27N7. The molecule has 1 atom stereocenters. The zero-order chi connectivity index (χ0) is 20.1. The van der Waals surface area contributed by atoms with E-state index in [1.54, 1.807) is 25.5 Å². The summed E-state index contributed by atoms with van der Waals surface area (Å²) in [5, 5.41) is 16.3. The van der Waals surface area contributed by atoms with Gasteiger partial charge in [-0.05, 0) is 43.9 Å². The molecule has 1 aliphatic rings. The van der Waals surface area contributed by atoms with Crippen molar-refractivity contribution in [2.75, 3.05) is 30.8 Å². The molecule has 3 rings (SSSR count). The first-order chi connectivity index (χ1) is 13.5. The molecule has 1 fully saturated rings. The van der Waals surface area contributed by atoms with Gasteiger partial charge in [0, 0.05) is 38.1 Å². The minimum absolute atomic E-state index is 0.261. The van der Waals surface area contributed by atoms with Crippen molar-refractivity contribution in [3.63, 3.8) is 0 Å². The van der Waals surface area contributed by atoms with Crippen molar-refractivity contribution in [3.05, 3.63) is 46.9 Å². The summed E-state index contributed by atoms with van der Waals surface area (Å²) in [5.74, 6) is 0.609. The Morgan fingerprint density at radius 1 is 1.29 bits per heavy atom. The highest BCUT2D eigenvalue weighted by Gasteiger charge is 2.19. The Morgan fingerprint density at radius 2 is 2.04 bits per heavy atom. The van der Waals surface area contributed by atoms with E-state index in [-0.39, 0.29) is 11.6 Å². The summed E-state index contributed by atoms with van der Waals surface area (Å²) in [6.07, 6.45) is 8.07. The van der Waals surface area contributed by atoms with E-state index < -0.39 is 0 Å². The van der Waals surface area contributed by atoms with Crippen LogP contribution in [0.1, 0.15) is 47.7 Å². The fourth-order valence-corrected chi connectivity index (χ4v) is 3.47. The normalized spacial score (nSPS) is 15.6. The Morgan fingerprint density at radius 3 is 2.71 bits per heavy atom. The van der Waals surface area contributed by atoms with Crippen LogP contribution in [-0.4, -0.2) is 48.2 Å². The van der Waals surface area contributed by atoms with Gasteiger partial charge in [0.25, 0.3) is 0 Å². The topological polar surface area (TPSA) is 115 Å². The first-order valence-corrected chi connectivity index (χ1v) is 9.55. The average molecular weight is 377 g/mol. The van der Waals surface area contributed by atoms with Crippen molar-refractivity contribution in [3.8, 4) is 0 Å². The van der Waals surface area contributed by atoms with Crippen LogP contribution in [0.3, 0.4) is 0 Å². The number of nitrogens with two attached hydrogens (primary N) is 1. The van der Waals surface area contributed by atoms with Crippen LogP contribution in [0.15, 0.2) is 29.4 Å². The van der Waals surface area contributed by atoms with Gasteiger partial charge in [-0.3, -0.25) is 15.4 Å². The number of hydrogen-bond donors (Lipinski definition) is 3. The van der Waals surface area contributed by atoms with Gasteiger partial charge < -0.3 is 16.0 Å². The second-order valence-corrected chi connectivity index (χ2v) is 7.06. The molecule has 1 saturated heterocycles. The van der Waals surface area contributed by atoms with E-state index in [9.17, 15) is 0 Å². The maximum Gasteiger partial charge on any atom is 0.132 e. The number of nitrogens with zero attached hydrogens (tertiary/aromatic N) is 4. The van der Waals surface area contributed by atoms with E-state index in [0.717, 1.165) is 24.5 Å². The van der Waals surface area contributed by atoms with Gasteiger partial charge in [-0.25, -0.2) is 4.98 Å². The molecule has 3 heterocycles. The summed E-state index contributed by atoms with van der Waals surface area (Å²) in [4.78, 5) is 15.4. The molecule has 0 spiro atoms. The first-order valence-electron chi connectivity index (χ1n) is 9.55. The van der Waals surface area contributed by atoms with Crippen LogP contribution in [0.25, 0.3) is 0 Å². The summed E-state index contributed by atoms with van der Waals surface area (Å²) >= 11 is 0. The maximum absolute atomic E-state index is 8.71. The molecule has 28 heavy (non-hydrogen) atoms. The zero-order valence-electron chi connectivity index (χ0n) is 16.4. The highest BCUT2D eigenvalue weighted by molar-refractivity contribution is 6.13. The van der Waals surface area contributed by atoms with Gasteiger partial charge in [0.05, 0.1) is 34.9 Å². The van der Waals surface area contributed by atoms with Gasteiger partial charge in [0.2, 0.25) is 0 Å². The molecule has 7 heteroatoms. The van der Waals surface area contributed by atoms with E-state index in [2.05, 4.69) is 21.8 Å². The third kappa shape index (κ3) is 4.08. The van der Waals surface area contributed by atoms with Crippen molar-refractivity contribution in [1.29, 1.82) is 10.8 Å². The highest BCUT2D eigenvalue weighted by atomic mass is 15.2. The molecule has 0 amide bonds. The number of aryl methyl sites for hydroxylation is 1. The molecule has 1 unspecified atom stereocenters. The van der Waals surface area contributed by atoms with Gasteiger partial charge in [-0.2, -0.15) is 0 Å². The summed E-state index contributed by atoms with van der Waals surface area (Å²) in [5.41, 5.74) is 9.72. The van der Waals surface area contributed by atoms with Crippen LogP contribution in [-0.2, 0) is 0 Å². The number of piperidine rings is 1. The summed E-state index contributed by atoms with van der Waals surface area (Å²) < 4.78 is 0. The van der Waals surface area contributed by atoms with Gasteiger partial charge in [-0.15, -0.1) is 0 Å². The summed E-state index contributed by atoms with van der Waals surface area (Å²) in [7, 11) is 1.66. The predicted octanol–water partition coefficient (Wildman–Crippen LogP) is 3.21. The van der Waals surface area contributed by atoms with E-state index in [1.807, 2.05) is 12.1 Å². The molecular weight excluding hydrogens is 350 g/mol. The third-order valence-electron chi connectivity index (χ3n) is 5.04. The van der Waals surface area contributed by atoms with Gasteiger partial charge >= 0.3 is 0 Å². The SMILES string of the molecule is CN=CC(C=N)c1cc(C(=N)c2ccc(C)c(N3CCCCC3)n2)c(N)cn1. The molecule has 4 N–H and O–H groups in total. The van der Waals surface area contributed by atoms with Gasteiger partial charge in [-0.1, -0.05) is 6.07 Å². The van der Waals surface area contributed by atoms with Gasteiger partial charge in [0.1, 0.15) is 5.82 Å². The maximum atomic E-state index is 8.71. The lowest BCUT2D eigenvalue weighted by Crippen LogP contribution is -2.31. The average Bonchev–Trinajstić information content (AvgIpc) is 2.73. The summed E-state index contributed by atoms with van der Waals surface area (Å²) in [6.45, 7) is 4.06. The second kappa shape index (κ2) is 8.73. The fourth-order valence-electron chi connectivity index (χ4n) is 3.47. The number of anilines is 2. The number of pyridine rings is 2. The first kappa shape index (κ1) is 19.7. The lowest BCUT2D eigenvalue weighted by molar-refractivity contribution is 0.572. The van der Waals surface area contributed by atoms with Crippen molar-refractivity contribution in [2.45, 2.75) is 32.1 Å². The van der Waals surface area contributed by atoms with E-state index in [4.69, 9.17) is 21.5 Å². The molecule has 0 aliphatic carbocycles. The molecule has 0 aromatic carbocycles. The quantitative estimate of drug-likeness (QED) is 0.670. The molecule has 1 aliphatic heterocycles. The summed E-state index contributed by atoms with van der Waals surface area (Å²) in [6, 6.07) is 5.65. The lowest BCUT2D eigenvalue weighted by Gasteiger charge is -2.29. The predicted molar refractivity (Wildman–Crippen MR) is 116 cm³/mol. The number of rotatable bonds is 6. The molecule has 0 saturated carbocycles. The standard InChI is InChI=1S/C21H27N7/c1-14-6-7-18(27-21(14)28-8-4-3-5-9-28)20(24)16-10-19(26-13-17(16)23)15(11-22)12-25-2/h6-7,10-13,15,22,24H,3-5,8-9,23H2,1-2H3. The lowest BCUT2D eigenvalue weighted by atomic mass is 10.0. The van der Waals surface area contributed by atoms with E-state index >= 15 is 0 Å². The minimum Gasteiger partial charge on any atom is -0.397 e. The molecule has 2 aromatic heterocycles. The van der Waals surface area contributed by atoms with Crippen molar-refractivity contribution in [2.24, 2.45) is 4.99 Å². The second-order valence-electron chi connectivity index (χ2n) is 7.06. The Bertz CT molecular complexity index is 898. The fraction of sp³-hybridized carbons (Fsp3) is 0.381. The van der Waals surface area contributed by atoms with Crippen LogP contribution in [0.5, 0.6) is 0 Å². The van der Waals surface area contributed by atoms with Crippen LogP contribution in [0, 0.1) is 17.7 Å². The van der Waals surface area contributed by atoms with Crippen LogP contribution < -0.4 is 10.6 Å². The van der Waals surface area contributed by atoms with Crippen molar-refractivity contribution in [1.82, 2.24) is 9.97 Å². The monoisotopic (exact) mass is 377 g/mol. The number of aromatic nitrogens is 2. The number of aliphatic imine (C=N–C) groups is 1. The molecule has 146 valence electrons.